The smallest absolute Gasteiger partial charge is 0.267 e. The van der Waals surface area contributed by atoms with Crippen LogP contribution in [0.1, 0.15) is 43.2 Å². The summed E-state index contributed by atoms with van der Waals surface area (Å²) < 4.78 is 5.44. The van der Waals surface area contributed by atoms with Crippen LogP contribution in [0.3, 0.4) is 0 Å². The van der Waals surface area contributed by atoms with E-state index in [0.29, 0.717) is 22.4 Å². The molecule has 0 unspecified atom stereocenters. The van der Waals surface area contributed by atoms with Crippen molar-refractivity contribution < 1.29 is 9.21 Å². The number of furan rings is 1. The summed E-state index contributed by atoms with van der Waals surface area (Å²) in [5.41, 5.74) is 3.28. The van der Waals surface area contributed by atoms with Gasteiger partial charge in [-0.2, -0.15) is 5.10 Å². The molecule has 0 radical (unpaired) electrons. The molecule has 1 aliphatic heterocycles. The maximum absolute atomic E-state index is 13.1. The van der Waals surface area contributed by atoms with Crippen molar-refractivity contribution in [1.29, 1.82) is 0 Å². The first-order valence-electron chi connectivity index (χ1n) is 10.4. The standard InChI is InChI=1S/C26H25N3O2S/c1-26(2,3)21-13-11-20(12-14-21)17-27-28-25-29(18-22-10-7-15-31-22)24(30)23(32-25)16-19-8-5-4-6-9-19/h4-17H,18H2,1-3H3/b23-16-,27-17-,28-25+. The number of hydrogen-bond acceptors (Lipinski definition) is 5. The Morgan fingerprint density at radius 3 is 2.38 bits per heavy atom. The molecule has 0 spiro atoms. The molecule has 4 rings (SSSR count). The van der Waals surface area contributed by atoms with E-state index in [2.05, 4.69) is 43.1 Å². The van der Waals surface area contributed by atoms with Gasteiger partial charge in [-0.1, -0.05) is 75.4 Å². The largest absolute Gasteiger partial charge is 0.467 e. The molecule has 1 saturated heterocycles. The molecule has 0 aliphatic carbocycles. The van der Waals surface area contributed by atoms with Crippen molar-refractivity contribution in [3.63, 3.8) is 0 Å². The van der Waals surface area contributed by atoms with Gasteiger partial charge in [0.05, 0.1) is 23.9 Å². The van der Waals surface area contributed by atoms with Gasteiger partial charge in [0.25, 0.3) is 5.91 Å². The van der Waals surface area contributed by atoms with E-state index >= 15 is 0 Å². The Bertz CT molecular complexity index is 1160. The third kappa shape index (κ3) is 5.26. The van der Waals surface area contributed by atoms with Crippen LogP contribution in [0.5, 0.6) is 0 Å². The fourth-order valence-electron chi connectivity index (χ4n) is 3.20. The molecule has 32 heavy (non-hydrogen) atoms. The third-order valence-corrected chi connectivity index (χ3v) is 6.00. The Balaban J connectivity index is 1.57. The number of carbonyl (C=O) groups is 1. The lowest BCUT2D eigenvalue weighted by Gasteiger charge is -2.18. The number of benzene rings is 2. The van der Waals surface area contributed by atoms with Crippen LogP contribution in [0.2, 0.25) is 0 Å². The van der Waals surface area contributed by atoms with Gasteiger partial charge in [0.1, 0.15) is 5.76 Å². The number of amidine groups is 1. The molecular formula is C26H25N3O2S. The van der Waals surface area contributed by atoms with E-state index < -0.39 is 0 Å². The Kier molecular flexibility index (Phi) is 6.42. The lowest BCUT2D eigenvalue weighted by Crippen LogP contribution is -2.28. The van der Waals surface area contributed by atoms with E-state index in [4.69, 9.17) is 4.42 Å². The summed E-state index contributed by atoms with van der Waals surface area (Å²) in [6.07, 6.45) is 5.17. The van der Waals surface area contributed by atoms with E-state index in [1.54, 1.807) is 23.4 Å². The quantitative estimate of drug-likeness (QED) is 0.273. The summed E-state index contributed by atoms with van der Waals surface area (Å²) in [5, 5.41) is 9.15. The minimum atomic E-state index is -0.112. The highest BCUT2D eigenvalue weighted by atomic mass is 32.2. The molecule has 5 nitrogen and oxygen atoms in total. The minimum Gasteiger partial charge on any atom is -0.467 e. The number of carbonyl (C=O) groups excluding carboxylic acids is 1. The molecule has 1 amide bonds. The van der Waals surface area contributed by atoms with E-state index in [1.807, 2.05) is 54.6 Å². The third-order valence-electron chi connectivity index (χ3n) is 5.01. The first-order chi connectivity index (χ1) is 15.4. The highest BCUT2D eigenvalue weighted by molar-refractivity contribution is 8.18. The molecule has 2 aromatic carbocycles. The molecule has 162 valence electrons. The molecular weight excluding hydrogens is 418 g/mol. The van der Waals surface area contributed by atoms with Crippen LogP contribution in [-0.2, 0) is 16.8 Å². The Morgan fingerprint density at radius 1 is 0.969 bits per heavy atom. The van der Waals surface area contributed by atoms with Crippen molar-refractivity contribution in [1.82, 2.24) is 4.90 Å². The second-order valence-corrected chi connectivity index (χ2v) is 9.50. The van der Waals surface area contributed by atoms with Crippen LogP contribution in [0.25, 0.3) is 6.08 Å². The van der Waals surface area contributed by atoms with Crippen molar-refractivity contribution in [3.05, 3.63) is 100 Å². The number of rotatable bonds is 5. The van der Waals surface area contributed by atoms with Crippen LogP contribution in [-0.4, -0.2) is 22.2 Å². The predicted octanol–water partition coefficient (Wildman–Crippen LogP) is 6.08. The number of thioether (sulfide) groups is 1. The SMILES string of the molecule is CC(C)(C)c1ccc(/C=N\N=C2\S/C(=C\c3ccccc3)C(=O)N2Cc2ccco2)cc1. The normalized spacial score (nSPS) is 17.2. The maximum Gasteiger partial charge on any atom is 0.267 e. The van der Waals surface area contributed by atoms with Gasteiger partial charge in [-0.3, -0.25) is 9.69 Å². The topological polar surface area (TPSA) is 58.2 Å². The van der Waals surface area contributed by atoms with Crippen molar-refractivity contribution in [2.45, 2.75) is 32.7 Å². The van der Waals surface area contributed by atoms with Crippen molar-refractivity contribution >= 4 is 35.1 Å². The van der Waals surface area contributed by atoms with Crippen molar-refractivity contribution in [2.24, 2.45) is 10.2 Å². The lowest BCUT2D eigenvalue weighted by molar-refractivity contribution is -0.122. The van der Waals surface area contributed by atoms with Crippen molar-refractivity contribution in [3.8, 4) is 0 Å². The van der Waals surface area contributed by atoms with Gasteiger partial charge in [0.15, 0.2) is 5.17 Å². The summed E-state index contributed by atoms with van der Waals surface area (Å²) in [7, 11) is 0. The Labute approximate surface area is 192 Å². The van der Waals surface area contributed by atoms with E-state index in [-0.39, 0.29) is 11.3 Å². The highest BCUT2D eigenvalue weighted by Gasteiger charge is 2.34. The number of nitrogens with zero attached hydrogens (tertiary/aromatic N) is 3. The summed E-state index contributed by atoms with van der Waals surface area (Å²) in [4.78, 5) is 15.3. The van der Waals surface area contributed by atoms with Crippen LogP contribution in [0.4, 0.5) is 0 Å². The Morgan fingerprint density at radius 2 is 1.72 bits per heavy atom. The number of amides is 1. The molecule has 1 fully saturated rings. The summed E-state index contributed by atoms with van der Waals surface area (Å²) in [6.45, 7) is 6.86. The molecule has 6 heteroatoms. The molecule has 3 aromatic rings. The first kappa shape index (κ1) is 21.8. The van der Waals surface area contributed by atoms with Gasteiger partial charge < -0.3 is 4.42 Å². The molecule has 0 N–H and O–H groups in total. The molecule has 0 atom stereocenters. The Hall–Kier alpha value is -3.38. The molecule has 2 heterocycles. The maximum atomic E-state index is 13.1. The first-order valence-corrected chi connectivity index (χ1v) is 11.2. The van der Waals surface area contributed by atoms with Gasteiger partial charge in [-0.15, -0.1) is 5.10 Å². The average Bonchev–Trinajstić information content (AvgIpc) is 3.39. The van der Waals surface area contributed by atoms with Crippen LogP contribution in [0.15, 0.2) is 92.5 Å². The van der Waals surface area contributed by atoms with Gasteiger partial charge in [0.2, 0.25) is 0 Å². The summed E-state index contributed by atoms with van der Waals surface area (Å²) in [6, 6.07) is 21.7. The van der Waals surface area contributed by atoms with Crippen molar-refractivity contribution in [2.75, 3.05) is 0 Å². The monoisotopic (exact) mass is 443 g/mol. The predicted molar refractivity (Wildman–Crippen MR) is 131 cm³/mol. The van der Waals surface area contributed by atoms with Crippen LogP contribution < -0.4 is 0 Å². The molecule has 0 saturated carbocycles. The fraction of sp³-hybridized carbons (Fsp3) is 0.192. The molecule has 1 aliphatic rings. The zero-order valence-corrected chi connectivity index (χ0v) is 19.2. The van der Waals surface area contributed by atoms with Gasteiger partial charge in [-0.25, -0.2) is 0 Å². The fourth-order valence-corrected chi connectivity index (χ4v) is 4.13. The van der Waals surface area contributed by atoms with Gasteiger partial charge in [-0.05, 0) is 52.1 Å². The summed E-state index contributed by atoms with van der Waals surface area (Å²) in [5.74, 6) is 0.577. The molecule has 1 aromatic heterocycles. The van der Waals surface area contributed by atoms with Gasteiger partial charge >= 0.3 is 0 Å². The lowest BCUT2D eigenvalue weighted by atomic mass is 9.87. The average molecular weight is 444 g/mol. The van der Waals surface area contributed by atoms with E-state index in [1.165, 1.54) is 17.3 Å². The summed E-state index contributed by atoms with van der Waals surface area (Å²) >= 11 is 1.32. The second-order valence-electron chi connectivity index (χ2n) is 8.49. The van der Waals surface area contributed by atoms with E-state index in [9.17, 15) is 4.79 Å². The zero-order valence-electron chi connectivity index (χ0n) is 18.4. The second kappa shape index (κ2) is 9.40. The van der Waals surface area contributed by atoms with E-state index in [0.717, 1.165) is 11.1 Å². The number of hydrogen-bond donors (Lipinski definition) is 0. The highest BCUT2D eigenvalue weighted by Crippen LogP contribution is 2.33. The zero-order chi connectivity index (χ0) is 22.6. The minimum absolute atomic E-state index is 0.102. The van der Waals surface area contributed by atoms with Crippen LogP contribution in [0, 0.1) is 0 Å². The molecule has 0 bridgehead atoms. The van der Waals surface area contributed by atoms with Gasteiger partial charge in [0, 0.05) is 0 Å². The van der Waals surface area contributed by atoms with Crippen LogP contribution >= 0.6 is 11.8 Å².